The van der Waals surface area contributed by atoms with Gasteiger partial charge in [-0.25, -0.2) is 4.98 Å². The Labute approximate surface area is 175 Å². The molecule has 152 valence electrons. The van der Waals surface area contributed by atoms with Gasteiger partial charge in [0.25, 0.3) is 11.1 Å². The summed E-state index contributed by atoms with van der Waals surface area (Å²) < 4.78 is 5.59. The Morgan fingerprint density at radius 3 is 2.70 bits per heavy atom. The fraction of sp³-hybridized carbons (Fsp3) is 0.150. The Morgan fingerprint density at radius 2 is 1.87 bits per heavy atom. The maximum absolute atomic E-state index is 12.2. The van der Waals surface area contributed by atoms with Crippen LogP contribution in [0.2, 0.25) is 0 Å². The third-order valence-electron chi connectivity index (χ3n) is 4.26. The minimum Gasteiger partial charge on any atom is -0.416 e. The molecule has 2 aromatic heterocycles. The lowest BCUT2D eigenvalue weighted by Crippen LogP contribution is -2.19. The van der Waals surface area contributed by atoms with E-state index in [-0.39, 0.29) is 17.2 Å². The number of hydrogen-bond acceptors (Lipinski definition) is 7. The first-order chi connectivity index (χ1) is 14.6. The molecule has 0 aliphatic carbocycles. The lowest BCUT2D eigenvalue weighted by molar-refractivity contribution is -0.113. The lowest BCUT2D eigenvalue weighted by Gasteiger charge is -2.07. The number of benzene rings is 2. The summed E-state index contributed by atoms with van der Waals surface area (Å²) in [6.07, 6.45) is 1.16. The van der Waals surface area contributed by atoms with Crippen LogP contribution in [-0.4, -0.2) is 37.7 Å². The van der Waals surface area contributed by atoms with Crippen molar-refractivity contribution >= 4 is 40.3 Å². The zero-order valence-electron chi connectivity index (χ0n) is 15.8. The van der Waals surface area contributed by atoms with Gasteiger partial charge < -0.3 is 20.5 Å². The third kappa shape index (κ3) is 4.66. The minimum atomic E-state index is -0.607. The van der Waals surface area contributed by atoms with Gasteiger partial charge >= 0.3 is 0 Å². The van der Waals surface area contributed by atoms with Crippen LogP contribution in [0.3, 0.4) is 0 Å². The van der Waals surface area contributed by atoms with Crippen LogP contribution in [0.5, 0.6) is 0 Å². The first kappa shape index (κ1) is 19.6. The number of rotatable bonds is 8. The molecule has 0 saturated heterocycles. The van der Waals surface area contributed by atoms with E-state index in [4.69, 9.17) is 10.2 Å². The zero-order chi connectivity index (χ0) is 20.9. The number of carbonyl (C=O) groups excluding carboxylic acids is 2. The van der Waals surface area contributed by atoms with Gasteiger partial charge in [0, 0.05) is 12.8 Å². The molecule has 0 radical (unpaired) electrons. The van der Waals surface area contributed by atoms with E-state index in [0.29, 0.717) is 29.6 Å². The van der Waals surface area contributed by atoms with E-state index in [9.17, 15) is 9.59 Å². The number of amides is 2. The van der Waals surface area contributed by atoms with Crippen molar-refractivity contribution in [1.82, 2.24) is 20.2 Å². The van der Waals surface area contributed by atoms with Crippen molar-refractivity contribution in [2.24, 2.45) is 5.73 Å². The molecule has 0 unspecified atom stereocenters. The molecule has 0 bridgehead atoms. The average molecular weight is 422 g/mol. The number of hydrogen-bond donors (Lipinski definition) is 3. The summed E-state index contributed by atoms with van der Waals surface area (Å²) in [5.74, 6) is 0.451. The van der Waals surface area contributed by atoms with Gasteiger partial charge in [0.2, 0.25) is 11.8 Å². The monoisotopic (exact) mass is 422 g/mol. The van der Waals surface area contributed by atoms with Crippen LogP contribution in [0.15, 0.2) is 58.2 Å². The Hall–Kier alpha value is -3.66. The predicted octanol–water partition coefficient (Wildman–Crippen LogP) is 2.56. The highest BCUT2D eigenvalue weighted by molar-refractivity contribution is 7.99. The van der Waals surface area contributed by atoms with Crippen LogP contribution in [0.1, 0.15) is 22.1 Å². The van der Waals surface area contributed by atoms with Crippen molar-refractivity contribution in [2.45, 2.75) is 18.1 Å². The van der Waals surface area contributed by atoms with Crippen LogP contribution in [-0.2, 0) is 17.6 Å². The smallest absolute Gasteiger partial charge is 0.277 e. The highest BCUT2D eigenvalue weighted by Crippen LogP contribution is 2.19. The second-order valence-electron chi connectivity index (χ2n) is 6.41. The molecule has 4 N–H and O–H groups in total. The van der Waals surface area contributed by atoms with Crippen molar-refractivity contribution in [3.8, 4) is 0 Å². The largest absolute Gasteiger partial charge is 0.416 e. The van der Waals surface area contributed by atoms with Crippen molar-refractivity contribution in [3.63, 3.8) is 0 Å². The molecule has 9 nitrogen and oxygen atoms in total. The number of anilines is 1. The molecular weight excluding hydrogens is 404 g/mol. The fourth-order valence-corrected chi connectivity index (χ4v) is 3.45. The van der Waals surface area contributed by atoms with Crippen LogP contribution >= 0.6 is 11.8 Å². The molecule has 4 aromatic rings. The number of thioether (sulfide) groups is 1. The molecule has 0 fully saturated rings. The van der Waals surface area contributed by atoms with E-state index in [1.165, 1.54) is 0 Å². The molecular formula is C20H18N6O3S. The number of H-pyrrole nitrogens is 1. The van der Waals surface area contributed by atoms with Gasteiger partial charge in [-0.05, 0) is 24.3 Å². The van der Waals surface area contributed by atoms with Crippen molar-refractivity contribution in [3.05, 3.63) is 65.8 Å². The fourth-order valence-electron chi connectivity index (χ4n) is 2.87. The zero-order valence-corrected chi connectivity index (χ0v) is 16.6. The van der Waals surface area contributed by atoms with Gasteiger partial charge in [0.1, 0.15) is 5.82 Å². The maximum Gasteiger partial charge on any atom is 0.277 e. The van der Waals surface area contributed by atoms with Crippen molar-refractivity contribution in [1.29, 1.82) is 0 Å². The molecule has 2 aromatic carbocycles. The molecule has 2 amide bonds. The number of carbonyl (C=O) groups is 2. The summed E-state index contributed by atoms with van der Waals surface area (Å²) in [4.78, 5) is 31.4. The summed E-state index contributed by atoms with van der Waals surface area (Å²) in [5.41, 5.74) is 7.83. The van der Waals surface area contributed by atoms with Crippen LogP contribution in [0.4, 0.5) is 5.69 Å². The van der Waals surface area contributed by atoms with Gasteiger partial charge in [0.05, 0.1) is 28.0 Å². The predicted molar refractivity (Wildman–Crippen MR) is 112 cm³/mol. The van der Waals surface area contributed by atoms with E-state index < -0.39 is 5.91 Å². The molecule has 0 aliphatic heterocycles. The number of aromatic nitrogens is 4. The topological polar surface area (TPSA) is 140 Å². The first-order valence-corrected chi connectivity index (χ1v) is 10.1. The van der Waals surface area contributed by atoms with Crippen molar-refractivity contribution < 1.29 is 14.0 Å². The maximum atomic E-state index is 12.2. The second kappa shape index (κ2) is 8.78. The molecule has 0 atom stereocenters. The minimum absolute atomic E-state index is 0.0539. The van der Waals surface area contributed by atoms with Gasteiger partial charge in [0.15, 0.2) is 0 Å². The van der Waals surface area contributed by atoms with E-state index in [1.807, 2.05) is 24.3 Å². The third-order valence-corrected chi connectivity index (χ3v) is 5.07. The molecule has 4 rings (SSSR count). The number of nitrogens with one attached hydrogen (secondary N) is 2. The molecule has 10 heteroatoms. The summed E-state index contributed by atoms with van der Waals surface area (Å²) in [6, 6.07) is 14.4. The number of aromatic amines is 1. The molecule has 2 heterocycles. The number of aryl methyl sites for hydroxylation is 2. The summed E-state index contributed by atoms with van der Waals surface area (Å²) in [7, 11) is 0. The molecule has 30 heavy (non-hydrogen) atoms. The summed E-state index contributed by atoms with van der Waals surface area (Å²) >= 11 is 1.12. The summed E-state index contributed by atoms with van der Waals surface area (Å²) in [6.45, 7) is 0. The van der Waals surface area contributed by atoms with Crippen LogP contribution in [0, 0.1) is 0 Å². The van der Waals surface area contributed by atoms with Crippen LogP contribution < -0.4 is 11.1 Å². The molecule has 0 saturated carbocycles. The van der Waals surface area contributed by atoms with E-state index >= 15 is 0 Å². The first-order valence-electron chi connectivity index (χ1n) is 9.16. The Balaban J connectivity index is 1.29. The highest BCUT2D eigenvalue weighted by atomic mass is 32.2. The van der Waals surface area contributed by atoms with Gasteiger partial charge in [-0.15, -0.1) is 10.2 Å². The van der Waals surface area contributed by atoms with Gasteiger partial charge in [-0.2, -0.15) is 0 Å². The molecule has 0 spiro atoms. The molecule has 0 aliphatic rings. The van der Waals surface area contributed by atoms with E-state index in [0.717, 1.165) is 28.6 Å². The second-order valence-corrected chi connectivity index (χ2v) is 7.34. The lowest BCUT2D eigenvalue weighted by atomic mass is 10.1. The number of primary amides is 1. The standard InChI is InChI=1S/C20H18N6O3S/c21-19(28)12-5-1-2-6-13(12)24-17(27)11-30-20-26-25-18(29-20)10-9-16-22-14-7-3-4-8-15(14)23-16/h1-8H,9-11H2,(H2,21,28)(H,22,23)(H,24,27). The average Bonchev–Trinajstić information content (AvgIpc) is 3.37. The van der Waals surface area contributed by atoms with Crippen molar-refractivity contribution in [2.75, 3.05) is 11.1 Å². The highest BCUT2D eigenvalue weighted by Gasteiger charge is 2.13. The van der Waals surface area contributed by atoms with E-state index in [2.05, 4.69) is 25.5 Å². The summed E-state index contributed by atoms with van der Waals surface area (Å²) in [5, 5.41) is 10.9. The number of nitrogens with two attached hydrogens (primary N) is 1. The Morgan fingerprint density at radius 1 is 1.07 bits per heavy atom. The van der Waals surface area contributed by atoms with Gasteiger partial charge in [-0.3, -0.25) is 9.59 Å². The number of fused-ring (bicyclic) bond motifs is 1. The Kier molecular flexibility index (Phi) is 5.75. The van der Waals surface area contributed by atoms with Crippen LogP contribution in [0.25, 0.3) is 11.0 Å². The Bertz CT molecular complexity index is 1170. The van der Waals surface area contributed by atoms with Gasteiger partial charge in [-0.1, -0.05) is 36.0 Å². The number of imidazole rings is 1. The van der Waals surface area contributed by atoms with E-state index in [1.54, 1.807) is 24.3 Å². The normalized spacial score (nSPS) is 10.9. The number of nitrogens with zero attached hydrogens (tertiary/aromatic N) is 3. The SMILES string of the molecule is NC(=O)c1ccccc1NC(=O)CSc1nnc(CCc2nc3ccccc3[nH]2)o1. The quantitative estimate of drug-likeness (QED) is 0.371. The number of para-hydroxylation sites is 3.